The summed E-state index contributed by atoms with van der Waals surface area (Å²) < 4.78 is 8.18. The summed E-state index contributed by atoms with van der Waals surface area (Å²) in [5, 5.41) is 4.40. The molecule has 1 saturated heterocycles. The number of nitrogens with one attached hydrogen (secondary N) is 1. The molecule has 1 aromatic carbocycles. The highest BCUT2D eigenvalue weighted by Gasteiger charge is 2.30. The van der Waals surface area contributed by atoms with Crippen molar-refractivity contribution in [1.82, 2.24) is 14.9 Å². The molecule has 1 N–H and O–H groups in total. The van der Waals surface area contributed by atoms with Crippen LogP contribution in [0.15, 0.2) is 36.7 Å². The number of halogens is 1. The number of benzene rings is 1. The Kier molecular flexibility index (Phi) is 5.13. The Morgan fingerprint density at radius 1 is 1.36 bits per heavy atom. The van der Waals surface area contributed by atoms with E-state index in [-0.39, 0.29) is 12.1 Å². The van der Waals surface area contributed by atoms with Crippen LogP contribution in [0.4, 0.5) is 0 Å². The molecule has 0 bridgehead atoms. The van der Waals surface area contributed by atoms with Crippen molar-refractivity contribution in [3.05, 3.63) is 53.1 Å². The third-order valence-corrected chi connectivity index (χ3v) is 4.40. The van der Waals surface area contributed by atoms with Gasteiger partial charge in [-0.05, 0) is 37.5 Å². The van der Waals surface area contributed by atoms with Crippen molar-refractivity contribution in [3.8, 4) is 0 Å². The van der Waals surface area contributed by atoms with Crippen LogP contribution in [0.2, 0.25) is 5.02 Å². The van der Waals surface area contributed by atoms with Crippen molar-refractivity contribution < 1.29 is 4.74 Å². The van der Waals surface area contributed by atoms with E-state index < -0.39 is 0 Å². The van der Waals surface area contributed by atoms with Crippen molar-refractivity contribution in [2.75, 3.05) is 6.61 Å². The molecular formula is C17H22ClN3O. The summed E-state index contributed by atoms with van der Waals surface area (Å²) in [4.78, 5) is 4.51. The standard InChI is InChI=1S/C17H22ClN3O/c1-2-21-10-9-19-17(21)16-15(4-3-11-22-16)20-12-13-5-7-14(18)8-6-13/h5-10,15-16,20H,2-4,11-12H2,1H3/t15-,16-/m0/s1. The van der Waals surface area contributed by atoms with E-state index in [0.717, 1.165) is 43.4 Å². The summed E-state index contributed by atoms with van der Waals surface area (Å²) in [6.07, 6.45) is 6.09. The van der Waals surface area contributed by atoms with Gasteiger partial charge >= 0.3 is 0 Å². The molecule has 0 amide bonds. The number of hydrogen-bond donors (Lipinski definition) is 1. The lowest BCUT2D eigenvalue weighted by molar-refractivity contribution is -0.0182. The Morgan fingerprint density at radius 2 is 2.18 bits per heavy atom. The van der Waals surface area contributed by atoms with Gasteiger partial charge in [0.25, 0.3) is 0 Å². The van der Waals surface area contributed by atoms with Gasteiger partial charge < -0.3 is 14.6 Å². The lowest BCUT2D eigenvalue weighted by Crippen LogP contribution is -2.40. The van der Waals surface area contributed by atoms with E-state index in [1.54, 1.807) is 0 Å². The first-order valence-electron chi connectivity index (χ1n) is 7.88. The zero-order chi connectivity index (χ0) is 15.4. The van der Waals surface area contributed by atoms with Crippen molar-refractivity contribution in [3.63, 3.8) is 0 Å². The first-order valence-corrected chi connectivity index (χ1v) is 8.26. The number of hydrogen-bond acceptors (Lipinski definition) is 3. The molecule has 2 atom stereocenters. The zero-order valence-electron chi connectivity index (χ0n) is 12.8. The highest BCUT2D eigenvalue weighted by atomic mass is 35.5. The van der Waals surface area contributed by atoms with E-state index in [1.165, 1.54) is 5.56 Å². The van der Waals surface area contributed by atoms with Gasteiger partial charge in [-0.1, -0.05) is 23.7 Å². The Morgan fingerprint density at radius 3 is 2.95 bits per heavy atom. The average molecular weight is 320 g/mol. The molecular weight excluding hydrogens is 298 g/mol. The fourth-order valence-corrected chi connectivity index (χ4v) is 3.07. The van der Waals surface area contributed by atoms with Crippen LogP contribution in [-0.4, -0.2) is 22.2 Å². The molecule has 4 nitrogen and oxygen atoms in total. The summed E-state index contributed by atoms with van der Waals surface area (Å²) in [5.74, 6) is 1.02. The first kappa shape index (κ1) is 15.5. The summed E-state index contributed by atoms with van der Waals surface area (Å²) in [6, 6.07) is 8.26. The van der Waals surface area contributed by atoms with Crippen molar-refractivity contribution in [2.45, 2.75) is 45.0 Å². The van der Waals surface area contributed by atoms with Crippen LogP contribution in [0.25, 0.3) is 0 Å². The second-order valence-electron chi connectivity index (χ2n) is 5.62. The third-order valence-electron chi connectivity index (χ3n) is 4.15. The molecule has 1 aliphatic heterocycles. The fourth-order valence-electron chi connectivity index (χ4n) is 2.94. The maximum absolute atomic E-state index is 6.02. The van der Waals surface area contributed by atoms with Crippen LogP contribution < -0.4 is 5.32 Å². The highest BCUT2D eigenvalue weighted by Crippen LogP contribution is 2.27. The van der Waals surface area contributed by atoms with Crippen LogP contribution >= 0.6 is 11.6 Å². The monoisotopic (exact) mass is 319 g/mol. The number of ether oxygens (including phenoxy) is 1. The van der Waals surface area contributed by atoms with Gasteiger partial charge in [0.05, 0.1) is 0 Å². The van der Waals surface area contributed by atoms with E-state index in [4.69, 9.17) is 16.3 Å². The number of aromatic nitrogens is 2. The van der Waals surface area contributed by atoms with Gasteiger partial charge in [0.1, 0.15) is 11.9 Å². The second kappa shape index (κ2) is 7.27. The van der Waals surface area contributed by atoms with Gasteiger partial charge in [-0.2, -0.15) is 0 Å². The summed E-state index contributed by atoms with van der Waals surface area (Å²) in [5.41, 5.74) is 1.23. The van der Waals surface area contributed by atoms with Crippen LogP contribution in [-0.2, 0) is 17.8 Å². The Labute approximate surface area is 136 Å². The molecule has 2 aromatic rings. The van der Waals surface area contributed by atoms with Crippen molar-refractivity contribution >= 4 is 11.6 Å². The highest BCUT2D eigenvalue weighted by molar-refractivity contribution is 6.30. The number of rotatable bonds is 5. The van der Waals surface area contributed by atoms with E-state index >= 15 is 0 Å². The maximum Gasteiger partial charge on any atom is 0.139 e. The molecule has 0 radical (unpaired) electrons. The molecule has 118 valence electrons. The molecule has 1 aliphatic rings. The quantitative estimate of drug-likeness (QED) is 0.915. The molecule has 1 fully saturated rings. The maximum atomic E-state index is 6.02. The normalized spacial score (nSPS) is 21.9. The predicted octanol–water partition coefficient (Wildman–Crippen LogP) is 3.57. The van der Waals surface area contributed by atoms with E-state index in [9.17, 15) is 0 Å². The fraction of sp³-hybridized carbons (Fsp3) is 0.471. The molecule has 0 unspecified atom stereocenters. The zero-order valence-corrected chi connectivity index (χ0v) is 13.6. The lowest BCUT2D eigenvalue weighted by Gasteiger charge is -2.32. The number of aryl methyl sites for hydroxylation is 1. The van der Waals surface area contributed by atoms with Crippen molar-refractivity contribution in [2.24, 2.45) is 0 Å². The van der Waals surface area contributed by atoms with Gasteiger partial charge in [-0.3, -0.25) is 0 Å². The molecule has 0 spiro atoms. The van der Waals surface area contributed by atoms with Crippen LogP contribution in [0.1, 0.15) is 37.3 Å². The smallest absolute Gasteiger partial charge is 0.139 e. The Balaban J connectivity index is 1.69. The van der Waals surface area contributed by atoms with Crippen LogP contribution in [0, 0.1) is 0 Å². The third kappa shape index (κ3) is 3.51. The topological polar surface area (TPSA) is 39.1 Å². The predicted molar refractivity (Wildman–Crippen MR) is 87.9 cm³/mol. The minimum atomic E-state index is 0.0241. The van der Waals surface area contributed by atoms with Crippen molar-refractivity contribution in [1.29, 1.82) is 0 Å². The minimum absolute atomic E-state index is 0.0241. The Hall–Kier alpha value is -1.36. The van der Waals surface area contributed by atoms with Gasteiger partial charge in [-0.25, -0.2) is 4.98 Å². The number of nitrogens with zero attached hydrogens (tertiary/aromatic N) is 2. The van der Waals surface area contributed by atoms with E-state index in [2.05, 4.69) is 33.9 Å². The van der Waals surface area contributed by atoms with Crippen LogP contribution in [0.3, 0.4) is 0 Å². The van der Waals surface area contributed by atoms with E-state index in [0.29, 0.717) is 0 Å². The van der Waals surface area contributed by atoms with Crippen LogP contribution in [0.5, 0.6) is 0 Å². The minimum Gasteiger partial charge on any atom is -0.369 e. The summed E-state index contributed by atoms with van der Waals surface area (Å²) in [6.45, 7) is 4.66. The molecule has 3 rings (SSSR count). The molecule has 5 heteroatoms. The SMILES string of the molecule is CCn1ccnc1[C@H]1OCCC[C@@H]1NCc1ccc(Cl)cc1. The average Bonchev–Trinajstić information content (AvgIpc) is 3.03. The summed E-state index contributed by atoms with van der Waals surface area (Å²) >= 11 is 5.93. The molecule has 0 aliphatic carbocycles. The second-order valence-corrected chi connectivity index (χ2v) is 6.06. The number of imidazole rings is 1. The lowest BCUT2D eigenvalue weighted by atomic mass is 10.0. The van der Waals surface area contributed by atoms with E-state index in [1.807, 2.05) is 24.5 Å². The van der Waals surface area contributed by atoms with Gasteiger partial charge in [0.15, 0.2) is 0 Å². The van der Waals surface area contributed by atoms with Gasteiger partial charge in [0, 0.05) is 43.2 Å². The van der Waals surface area contributed by atoms with Gasteiger partial charge in [-0.15, -0.1) is 0 Å². The largest absolute Gasteiger partial charge is 0.369 e. The summed E-state index contributed by atoms with van der Waals surface area (Å²) in [7, 11) is 0. The molecule has 0 saturated carbocycles. The first-order chi connectivity index (χ1) is 10.8. The molecule has 2 heterocycles. The van der Waals surface area contributed by atoms with Gasteiger partial charge in [0.2, 0.25) is 0 Å². The molecule has 1 aromatic heterocycles. The molecule has 22 heavy (non-hydrogen) atoms. The Bertz CT molecular complexity index is 596.